The molecule has 2 aliphatic heterocycles. The third-order valence-corrected chi connectivity index (χ3v) is 6.10. The van der Waals surface area contributed by atoms with Gasteiger partial charge in [0.15, 0.2) is 23.0 Å². The van der Waals surface area contributed by atoms with Crippen molar-refractivity contribution in [1.82, 2.24) is 0 Å². The Bertz CT molecular complexity index is 973. The van der Waals surface area contributed by atoms with Crippen molar-refractivity contribution < 1.29 is 47.5 Å². The van der Waals surface area contributed by atoms with Crippen molar-refractivity contribution >= 4 is 11.9 Å². The van der Waals surface area contributed by atoms with E-state index in [0.717, 1.165) is 0 Å². The zero-order chi connectivity index (χ0) is 24.6. The van der Waals surface area contributed by atoms with Crippen LogP contribution in [0.2, 0.25) is 0 Å². The SMILES string of the molecule is COc1cc([C@H]2OC(=O)[C@H]3[C@@H]2C(=O)O[C@@H]3c2cc(OC)c(OC)c(OC)c2)cc(OC)c1OC. The van der Waals surface area contributed by atoms with Gasteiger partial charge in [0, 0.05) is 11.1 Å². The van der Waals surface area contributed by atoms with E-state index in [-0.39, 0.29) is 0 Å². The summed E-state index contributed by atoms with van der Waals surface area (Å²) in [5.74, 6) is -0.529. The lowest BCUT2D eigenvalue weighted by Crippen LogP contribution is -2.19. The van der Waals surface area contributed by atoms with Crippen LogP contribution in [0.15, 0.2) is 24.3 Å². The molecule has 0 aromatic heterocycles. The van der Waals surface area contributed by atoms with E-state index in [4.69, 9.17) is 37.9 Å². The molecule has 0 N–H and O–H groups in total. The van der Waals surface area contributed by atoms with E-state index in [2.05, 4.69) is 0 Å². The van der Waals surface area contributed by atoms with Gasteiger partial charge in [-0.25, -0.2) is 0 Å². The van der Waals surface area contributed by atoms with Gasteiger partial charge in [-0.15, -0.1) is 0 Å². The number of cyclic esters (lactones) is 2. The Morgan fingerprint density at radius 3 is 1.06 bits per heavy atom. The summed E-state index contributed by atoms with van der Waals surface area (Å²) >= 11 is 0. The van der Waals surface area contributed by atoms with E-state index in [9.17, 15) is 9.59 Å². The standard InChI is InChI=1S/C24H26O10/c1-27-13-7-11(8-14(28-2)21(13)31-5)19-17-18(24(26)33-19)20(34-23(17)25)12-9-15(29-3)22(32-6)16(10-12)30-4/h7-10,17-20H,1-6H3/t17-,18-,19+,20+/m0/s1. The van der Waals surface area contributed by atoms with Crippen LogP contribution in [0.4, 0.5) is 0 Å². The molecule has 0 radical (unpaired) electrons. The van der Waals surface area contributed by atoms with Crippen molar-refractivity contribution in [2.24, 2.45) is 11.8 Å². The van der Waals surface area contributed by atoms with E-state index < -0.39 is 36.0 Å². The van der Waals surface area contributed by atoms with Crippen LogP contribution in [0.3, 0.4) is 0 Å². The highest BCUT2D eigenvalue weighted by atomic mass is 16.6. The van der Waals surface area contributed by atoms with Gasteiger partial charge in [-0.2, -0.15) is 0 Å². The smallest absolute Gasteiger partial charge is 0.314 e. The fraction of sp³-hybridized carbons (Fsp3) is 0.417. The number of hydrogen-bond acceptors (Lipinski definition) is 10. The number of ether oxygens (including phenoxy) is 8. The van der Waals surface area contributed by atoms with Crippen LogP contribution in [0.25, 0.3) is 0 Å². The van der Waals surface area contributed by atoms with Gasteiger partial charge in [0.1, 0.15) is 24.0 Å². The van der Waals surface area contributed by atoms with E-state index in [1.807, 2.05) is 0 Å². The fourth-order valence-corrected chi connectivity index (χ4v) is 4.55. The van der Waals surface area contributed by atoms with Crippen molar-refractivity contribution in [3.8, 4) is 34.5 Å². The van der Waals surface area contributed by atoms with Crippen LogP contribution in [0.1, 0.15) is 23.3 Å². The molecule has 0 amide bonds. The normalized spacial score (nSPS) is 23.0. The van der Waals surface area contributed by atoms with Crippen molar-refractivity contribution in [1.29, 1.82) is 0 Å². The first kappa shape index (κ1) is 23.3. The molecule has 0 unspecified atom stereocenters. The number of hydrogen-bond donors (Lipinski definition) is 0. The molecule has 2 aromatic carbocycles. The Kier molecular flexibility index (Phi) is 6.32. The molecule has 182 valence electrons. The Labute approximate surface area is 196 Å². The number of fused-ring (bicyclic) bond motifs is 1. The first-order valence-corrected chi connectivity index (χ1v) is 10.4. The molecule has 0 spiro atoms. The van der Waals surface area contributed by atoms with Crippen molar-refractivity contribution in [2.45, 2.75) is 12.2 Å². The monoisotopic (exact) mass is 474 g/mol. The molecule has 2 saturated heterocycles. The van der Waals surface area contributed by atoms with Crippen LogP contribution < -0.4 is 28.4 Å². The van der Waals surface area contributed by atoms with Crippen LogP contribution >= 0.6 is 0 Å². The summed E-state index contributed by atoms with van der Waals surface area (Å²) in [6.45, 7) is 0. The Morgan fingerprint density at radius 1 is 0.529 bits per heavy atom. The minimum atomic E-state index is -0.884. The van der Waals surface area contributed by atoms with Gasteiger partial charge in [-0.1, -0.05) is 0 Å². The maximum atomic E-state index is 13.0. The molecule has 2 heterocycles. The third-order valence-electron chi connectivity index (χ3n) is 6.10. The second kappa shape index (κ2) is 9.20. The molecular formula is C24H26O10. The third kappa shape index (κ3) is 3.59. The maximum absolute atomic E-state index is 13.0. The predicted molar refractivity (Wildman–Crippen MR) is 117 cm³/mol. The molecule has 0 aliphatic carbocycles. The second-order valence-electron chi connectivity index (χ2n) is 7.68. The van der Waals surface area contributed by atoms with Gasteiger partial charge in [0.2, 0.25) is 11.5 Å². The summed E-state index contributed by atoms with van der Waals surface area (Å²) < 4.78 is 43.7. The average molecular weight is 474 g/mol. The summed E-state index contributed by atoms with van der Waals surface area (Å²) in [5.41, 5.74) is 1.05. The second-order valence-corrected chi connectivity index (χ2v) is 7.68. The van der Waals surface area contributed by atoms with Crippen LogP contribution in [0, 0.1) is 11.8 Å². The summed E-state index contributed by atoms with van der Waals surface area (Å²) in [5, 5.41) is 0. The number of benzene rings is 2. The highest BCUT2D eigenvalue weighted by Crippen LogP contribution is 2.54. The van der Waals surface area contributed by atoms with Crippen molar-refractivity contribution in [3.63, 3.8) is 0 Å². The maximum Gasteiger partial charge on any atom is 0.314 e. The molecule has 2 fully saturated rings. The zero-order valence-corrected chi connectivity index (χ0v) is 19.7. The van der Waals surface area contributed by atoms with Crippen LogP contribution in [0.5, 0.6) is 34.5 Å². The van der Waals surface area contributed by atoms with Gasteiger partial charge in [0.25, 0.3) is 0 Å². The van der Waals surface area contributed by atoms with Gasteiger partial charge >= 0.3 is 11.9 Å². The Morgan fingerprint density at radius 2 is 0.824 bits per heavy atom. The summed E-state index contributed by atoms with van der Waals surface area (Å²) in [6, 6.07) is 6.62. The first-order chi connectivity index (χ1) is 16.4. The topological polar surface area (TPSA) is 108 Å². The first-order valence-electron chi connectivity index (χ1n) is 10.4. The highest BCUT2D eigenvalue weighted by Gasteiger charge is 2.60. The Hall–Kier alpha value is -3.82. The number of esters is 2. The number of carbonyl (C=O) groups is 2. The molecular weight excluding hydrogens is 448 g/mol. The average Bonchev–Trinajstić information content (AvgIpc) is 3.39. The van der Waals surface area contributed by atoms with Gasteiger partial charge in [0.05, 0.1) is 42.7 Å². The molecule has 0 saturated carbocycles. The van der Waals surface area contributed by atoms with E-state index >= 15 is 0 Å². The molecule has 34 heavy (non-hydrogen) atoms. The summed E-state index contributed by atoms with van der Waals surface area (Å²) in [6.07, 6.45) is -1.77. The van der Waals surface area contributed by atoms with Gasteiger partial charge in [-0.05, 0) is 24.3 Å². The molecule has 4 rings (SSSR count). The molecule has 10 nitrogen and oxygen atoms in total. The van der Waals surface area contributed by atoms with Gasteiger partial charge < -0.3 is 37.9 Å². The lowest BCUT2D eigenvalue weighted by molar-refractivity contribution is -0.154. The summed E-state index contributed by atoms with van der Waals surface area (Å²) in [7, 11) is 8.90. The highest BCUT2D eigenvalue weighted by molar-refractivity contribution is 5.90. The molecule has 2 aromatic rings. The predicted octanol–water partition coefficient (Wildman–Crippen LogP) is 2.87. The minimum absolute atomic E-state index is 0.379. The van der Waals surface area contributed by atoms with E-state index in [0.29, 0.717) is 45.6 Å². The molecule has 2 aliphatic rings. The molecule has 10 heteroatoms. The Balaban J connectivity index is 1.75. The summed E-state index contributed by atoms with van der Waals surface area (Å²) in [4.78, 5) is 26.0. The van der Waals surface area contributed by atoms with Crippen LogP contribution in [-0.4, -0.2) is 54.6 Å². The number of methoxy groups -OCH3 is 6. The molecule has 0 bridgehead atoms. The number of rotatable bonds is 8. The fourth-order valence-electron chi connectivity index (χ4n) is 4.55. The van der Waals surface area contributed by atoms with E-state index in [1.165, 1.54) is 42.7 Å². The largest absolute Gasteiger partial charge is 0.493 e. The van der Waals surface area contributed by atoms with E-state index in [1.54, 1.807) is 24.3 Å². The molecule has 4 atom stereocenters. The lowest BCUT2D eigenvalue weighted by Gasteiger charge is -2.19. The number of carbonyl (C=O) groups excluding carboxylic acids is 2. The zero-order valence-electron chi connectivity index (χ0n) is 19.7. The van der Waals surface area contributed by atoms with Crippen molar-refractivity contribution in [3.05, 3.63) is 35.4 Å². The quantitative estimate of drug-likeness (QED) is 0.530. The van der Waals surface area contributed by atoms with Crippen LogP contribution in [-0.2, 0) is 19.1 Å². The van der Waals surface area contributed by atoms with Gasteiger partial charge in [-0.3, -0.25) is 9.59 Å². The van der Waals surface area contributed by atoms with Crippen molar-refractivity contribution in [2.75, 3.05) is 42.7 Å². The lowest BCUT2D eigenvalue weighted by atomic mass is 9.84. The minimum Gasteiger partial charge on any atom is -0.493 e.